The van der Waals surface area contributed by atoms with Gasteiger partial charge in [-0.2, -0.15) is 0 Å². The molecule has 0 aromatic rings. The molecular formula is C9H18N2O3S. The number of nitrogens with two attached hydrogens (primary N) is 1. The Balaban J connectivity index is 2.71. The van der Waals surface area contributed by atoms with Gasteiger partial charge in [0, 0.05) is 25.4 Å². The number of hydrogen-bond donors (Lipinski definition) is 1. The molecule has 6 heteroatoms. The van der Waals surface area contributed by atoms with Crippen molar-refractivity contribution >= 4 is 15.7 Å². The summed E-state index contributed by atoms with van der Waals surface area (Å²) in [6.45, 7) is 2.26. The van der Waals surface area contributed by atoms with Crippen LogP contribution in [0, 0.1) is 0 Å². The summed E-state index contributed by atoms with van der Waals surface area (Å²) >= 11 is 0. The molecule has 0 saturated heterocycles. The third-order valence-corrected chi connectivity index (χ3v) is 4.12. The minimum atomic E-state index is -3.30. The summed E-state index contributed by atoms with van der Waals surface area (Å²) in [5, 5.41) is -0.954. The van der Waals surface area contributed by atoms with Crippen molar-refractivity contribution in [3.8, 4) is 0 Å². The SMILES string of the molecule is CC(C(=O)N(CCN)C1CC1)S(C)(=O)=O. The number of hydrogen-bond acceptors (Lipinski definition) is 4. The zero-order chi connectivity index (χ0) is 11.6. The lowest BCUT2D eigenvalue weighted by Gasteiger charge is -2.24. The quantitative estimate of drug-likeness (QED) is 0.686. The Morgan fingerprint density at radius 2 is 2.07 bits per heavy atom. The number of carbonyl (C=O) groups excluding carboxylic acids is 1. The molecule has 1 amide bonds. The molecule has 88 valence electrons. The number of sulfone groups is 1. The zero-order valence-electron chi connectivity index (χ0n) is 9.14. The van der Waals surface area contributed by atoms with Gasteiger partial charge in [-0.3, -0.25) is 4.79 Å². The van der Waals surface area contributed by atoms with Gasteiger partial charge in [-0.25, -0.2) is 8.42 Å². The Labute approximate surface area is 90.5 Å². The van der Waals surface area contributed by atoms with Crippen LogP contribution in [0.15, 0.2) is 0 Å². The maximum atomic E-state index is 11.9. The van der Waals surface area contributed by atoms with Gasteiger partial charge in [0.05, 0.1) is 0 Å². The minimum absolute atomic E-state index is 0.213. The Kier molecular flexibility index (Phi) is 3.72. The van der Waals surface area contributed by atoms with Crippen molar-refractivity contribution in [2.24, 2.45) is 5.73 Å². The molecule has 1 aliphatic rings. The van der Waals surface area contributed by atoms with E-state index in [2.05, 4.69) is 0 Å². The highest BCUT2D eigenvalue weighted by molar-refractivity contribution is 7.92. The second-order valence-corrected chi connectivity index (χ2v) is 6.39. The van der Waals surface area contributed by atoms with Gasteiger partial charge in [-0.15, -0.1) is 0 Å². The largest absolute Gasteiger partial charge is 0.337 e. The average molecular weight is 234 g/mol. The van der Waals surface area contributed by atoms with Crippen LogP contribution in [0.3, 0.4) is 0 Å². The molecule has 1 saturated carbocycles. The Bertz CT molecular complexity index is 335. The van der Waals surface area contributed by atoms with Gasteiger partial charge in [0.25, 0.3) is 0 Å². The Morgan fingerprint density at radius 3 is 2.40 bits per heavy atom. The smallest absolute Gasteiger partial charge is 0.240 e. The molecule has 0 aliphatic heterocycles. The van der Waals surface area contributed by atoms with E-state index in [4.69, 9.17) is 5.73 Å². The molecule has 0 aromatic carbocycles. The molecule has 0 bridgehead atoms. The van der Waals surface area contributed by atoms with Gasteiger partial charge in [-0.1, -0.05) is 0 Å². The second-order valence-electron chi connectivity index (χ2n) is 4.02. The molecule has 0 aromatic heterocycles. The average Bonchev–Trinajstić information content (AvgIpc) is 2.93. The number of rotatable bonds is 5. The van der Waals surface area contributed by atoms with Crippen molar-refractivity contribution in [3.63, 3.8) is 0 Å². The minimum Gasteiger partial charge on any atom is -0.337 e. The monoisotopic (exact) mass is 234 g/mol. The highest BCUT2D eigenvalue weighted by Gasteiger charge is 2.36. The first kappa shape index (κ1) is 12.4. The first-order valence-electron chi connectivity index (χ1n) is 5.07. The molecular weight excluding hydrogens is 216 g/mol. The van der Waals surface area contributed by atoms with Crippen LogP contribution >= 0.6 is 0 Å². The molecule has 0 heterocycles. The molecule has 1 fully saturated rings. The molecule has 1 aliphatic carbocycles. The number of amides is 1. The van der Waals surface area contributed by atoms with Crippen LogP contribution in [-0.2, 0) is 14.6 Å². The molecule has 1 rings (SSSR count). The summed E-state index contributed by atoms with van der Waals surface area (Å²) in [6, 6.07) is 0.213. The fourth-order valence-corrected chi connectivity index (χ4v) is 1.92. The number of nitrogens with zero attached hydrogens (tertiary/aromatic N) is 1. The van der Waals surface area contributed by atoms with Gasteiger partial charge in [0.15, 0.2) is 9.84 Å². The Hall–Kier alpha value is -0.620. The Morgan fingerprint density at radius 1 is 1.53 bits per heavy atom. The van der Waals surface area contributed by atoms with Gasteiger partial charge >= 0.3 is 0 Å². The summed E-state index contributed by atoms with van der Waals surface area (Å²) in [5.74, 6) is -0.314. The number of carbonyl (C=O) groups is 1. The first-order valence-corrected chi connectivity index (χ1v) is 7.02. The van der Waals surface area contributed by atoms with E-state index in [0.29, 0.717) is 13.1 Å². The standard InChI is InChI=1S/C9H18N2O3S/c1-7(15(2,13)14)9(12)11(6-5-10)8-3-4-8/h7-8H,3-6,10H2,1-2H3. The topological polar surface area (TPSA) is 80.5 Å². The van der Waals surface area contributed by atoms with Crippen LogP contribution in [0.25, 0.3) is 0 Å². The lowest BCUT2D eigenvalue weighted by Crippen LogP contribution is -2.44. The van der Waals surface area contributed by atoms with E-state index in [1.165, 1.54) is 6.92 Å². The van der Waals surface area contributed by atoms with E-state index in [1.807, 2.05) is 0 Å². The van der Waals surface area contributed by atoms with Gasteiger partial charge in [-0.05, 0) is 19.8 Å². The van der Waals surface area contributed by atoms with Gasteiger partial charge < -0.3 is 10.6 Å². The fraction of sp³-hybridized carbons (Fsp3) is 0.889. The molecule has 1 atom stereocenters. The van der Waals surface area contributed by atoms with Crippen molar-refractivity contribution < 1.29 is 13.2 Å². The van der Waals surface area contributed by atoms with Crippen LogP contribution < -0.4 is 5.73 Å². The molecule has 1 unspecified atom stereocenters. The normalized spacial score (nSPS) is 18.6. The van der Waals surface area contributed by atoms with E-state index in [1.54, 1.807) is 4.90 Å². The molecule has 2 N–H and O–H groups in total. The maximum Gasteiger partial charge on any atom is 0.240 e. The fourth-order valence-electron chi connectivity index (χ4n) is 1.41. The lowest BCUT2D eigenvalue weighted by atomic mass is 10.3. The van der Waals surface area contributed by atoms with Gasteiger partial charge in [0.1, 0.15) is 5.25 Å². The van der Waals surface area contributed by atoms with Crippen LogP contribution in [-0.4, -0.2) is 49.9 Å². The molecule has 0 spiro atoms. The lowest BCUT2D eigenvalue weighted by molar-refractivity contribution is -0.130. The van der Waals surface area contributed by atoms with E-state index >= 15 is 0 Å². The maximum absolute atomic E-state index is 11.9. The van der Waals surface area contributed by atoms with E-state index in [-0.39, 0.29) is 11.9 Å². The van der Waals surface area contributed by atoms with Gasteiger partial charge in [0.2, 0.25) is 5.91 Å². The van der Waals surface area contributed by atoms with Crippen LogP contribution in [0.2, 0.25) is 0 Å². The summed E-state index contributed by atoms with van der Waals surface area (Å²) < 4.78 is 22.5. The van der Waals surface area contributed by atoms with Crippen LogP contribution in [0.4, 0.5) is 0 Å². The van der Waals surface area contributed by atoms with Crippen molar-refractivity contribution in [2.45, 2.75) is 31.1 Å². The third-order valence-electron chi connectivity index (χ3n) is 2.63. The summed E-state index contributed by atoms with van der Waals surface area (Å²) in [5.41, 5.74) is 5.40. The third kappa shape index (κ3) is 3.17. The van der Waals surface area contributed by atoms with Crippen LogP contribution in [0.1, 0.15) is 19.8 Å². The second kappa shape index (κ2) is 4.49. The summed E-state index contributed by atoms with van der Waals surface area (Å²) in [4.78, 5) is 13.5. The van der Waals surface area contributed by atoms with E-state index in [9.17, 15) is 13.2 Å². The van der Waals surface area contributed by atoms with E-state index in [0.717, 1.165) is 19.1 Å². The predicted octanol–water partition coefficient (Wildman–Crippen LogP) is -0.631. The molecule has 5 nitrogen and oxygen atoms in total. The van der Waals surface area contributed by atoms with E-state index < -0.39 is 15.1 Å². The summed E-state index contributed by atoms with van der Waals surface area (Å²) in [6.07, 6.45) is 3.01. The molecule has 0 radical (unpaired) electrons. The highest BCUT2D eigenvalue weighted by atomic mass is 32.2. The van der Waals surface area contributed by atoms with Crippen molar-refractivity contribution in [3.05, 3.63) is 0 Å². The molecule has 15 heavy (non-hydrogen) atoms. The predicted molar refractivity (Wildman–Crippen MR) is 58.1 cm³/mol. The first-order chi connectivity index (χ1) is 6.88. The van der Waals surface area contributed by atoms with Crippen molar-refractivity contribution in [1.82, 2.24) is 4.90 Å². The summed E-state index contributed by atoms with van der Waals surface area (Å²) in [7, 11) is -3.30. The highest BCUT2D eigenvalue weighted by Crippen LogP contribution is 2.27. The zero-order valence-corrected chi connectivity index (χ0v) is 9.96. The van der Waals surface area contributed by atoms with Crippen LogP contribution in [0.5, 0.6) is 0 Å². The van der Waals surface area contributed by atoms with Crippen molar-refractivity contribution in [2.75, 3.05) is 19.3 Å². The van der Waals surface area contributed by atoms with Crippen molar-refractivity contribution in [1.29, 1.82) is 0 Å².